The fourth-order valence-electron chi connectivity index (χ4n) is 4.94. The van der Waals surface area contributed by atoms with Crippen LogP contribution in [0, 0.1) is 5.92 Å². The van der Waals surface area contributed by atoms with Crippen molar-refractivity contribution in [2.75, 3.05) is 19.8 Å². The minimum absolute atomic E-state index is 0.0869. The van der Waals surface area contributed by atoms with Crippen LogP contribution in [0.3, 0.4) is 0 Å². The molecule has 1 aromatic carbocycles. The minimum Gasteiger partial charge on any atom is -0.478 e. The van der Waals surface area contributed by atoms with Gasteiger partial charge in [-0.25, -0.2) is 14.4 Å². The molecule has 0 bridgehead atoms. The lowest BCUT2D eigenvalue weighted by molar-refractivity contribution is -0.149. The molecule has 3 aliphatic rings. The van der Waals surface area contributed by atoms with E-state index >= 15 is 0 Å². The van der Waals surface area contributed by atoms with Crippen LogP contribution in [0.1, 0.15) is 68.6 Å². The van der Waals surface area contributed by atoms with E-state index in [1.54, 1.807) is 13.0 Å². The summed E-state index contributed by atoms with van der Waals surface area (Å²) in [4.78, 5) is 47.2. The normalized spacial score (nSPS) is 16.8. The van der Waals surface area contributed by atoms with Gasteiger partial charge in [-0.15, -0.1) is 0 Å². The molecule has 0 aliphatic heterocycles. The summed E-state index contributed by atoms with van der Waals surface area (Å²) in [6.45, 7) is 1.55. The zero-order valence-electron chi connectivity index (χ0n) is 25.3. The van der Waals surface area contributed by atoms with Crippen molar-refractivity contribution in [1.29, 1.82) is 0 Å². The van der Waals surface area contributed by atoms with E-state index in [0.29, 0.717) is 42.6 Å². The van der Waals surface area contributed by atoms with E-state index in [1.807, 2.05) is 18.2 Å². The molecule has 0 aromatic heterocycles. The van der Waals surface area contributed by atoms with Gasteiger partial charge in [-0.1, -0.05) is 30.4 Å². The standard InChI is InChI=1S/C35H38O10/c1-23(22-36)33(39)42-20-2-3-21-43-35(41)45-31-18-14-29(15-19-31)34(40)44-30-16-12-27(13-17-30)25-6-4-24(5-7-25)26-8-10-28(11-9-26)32(37)38/h4,6,8,10,12,14-16,18-19,23,36H,2-3,5,7,9,11,13,17,20-22H2,1H3,(H,37,38). The Labute approximate surface area is 262 Å². The number of ether oxygens (including phenoxy) is 4. The van der Waals surface area contributed by atoms with Gasteiger partial charge < -0.3 is 29.2 Å². The number of carboxylic acids is 1. The van der Waals surface area contributed by atoms with Crippen molar-refractivity contribution < 1.29 is 48.3 Å². The fourth-order valence-corrected chi connectivity index (χ4v) is 4.94. The Morgan fingerprint density at radius 1 is 0.711 bits per heavy atom. The highest BCUT2D eigenvalue weighted by atomic mass is 16.7. The van der Waals surface area contributed by atoms with Gasteiger partial charge in [0.25, 0.3) is 0 Å². The SMILES string of the molecule is CC(CO)C(=O)OCCCCOC(=O)Oc1ccc(C(=O)OC2=CC=C(C3=CC=C(C4=CC=C(C(=O)O)CC4)CC3)CC2)cc1. The number of rotatable bonds is 13. The second kappa shape index (κ2) is 16.4. The lowest BCUT2D eigenvalue weighted by Gasteiger charge is -2.22. The van der Waals surface area contributed by atoms with Gasteiger partial charge in [0.15, 0.2) is 0 Å². The van der Waals surface area contributed by atoms with Gasteiger partial charge in [-0.2, -0.15) is 0 Å². The number of aliphatic carboxylic acids is 1. The Bertz CT molecular complexity index is 1470. The van der Waals surface area contributed by atoms with Gasteiger partial charge in [-0.3, -0.25) is 4.79 Å². The van der Waals surface area contributed by atoms with E-state index in [9.17, 15) is 19.2 Å². The molecule has 3 aliphatic carbocycles. The van der Waals surface area contributed by atoms with Crippen LogP contribution in [-0.4, -0.2) is 54.1 Å². The Balaban J connectivity index is 1.19. The molecule has 1 aromatic rings. The highest BCUT2D eigenvalue weighted by Crippen LogP contribution is 2.35. The molecule has 10 heteroatoms. The molecule has 0 spiro atoms. The van der Waals surface area contributed by atoms with Gasteiger partial charge in [0, 0.05) is 12.0 Å². The Kier molecular flexibility index (Phi) is 12.1. The maximum absolute atomic E-state index is 12.7. The summed E-state index contributed by atoms with van der Waals surface area (Å²) >= 11 is 0. The first-order valence-electron chi connectivity index (χ1n) is 15.1. The zero-order valence-corrected chi connectivity index (χ0v) is 25.3. The van der Waals surface area contributed by atoms with Crippen molar-refractivity contribution in [3.63, 3.8) is 0 Å². The molecule has 4 rings (SSSR count). The smallest absolute Gasteiger partial charge is 0.478 e. The van der Waals surface area contributed by atoms with Gasteiger partial charge in [-0.05, 0) is 105 Å². The average Bonchev–Trinajstić information content (AvgIpc) is 3.06. The number of carbonyl (C=O) groups excluding carboxylic acids is 3. The molecule has 10 nitrogen and oxygen atoms in total. The summed E-state index contributed by atoms with van der Waals surface area (Å²) < 4.78 is 20.7. The third kappa shape index (κ3) is 9.90. The van der Waals surface area contributed by atoms with E-state index in [0.717, 1.165) is 25.7 Å². The van der Waals surface area contributed by atoms with Crippen LogP contribution in [0.25, 0.3) is 0 Å². The number of benzene rings is 1. The van der Waals surface area contributed by atoms with Crippen molar-refractivity contribution in [1.82, 2.24) is 0 Å². The van der Waals surface area contributed by atoms with Gasteiger partial charge in [0.1, 0.15) is 11.5 Å². The van der Waals surface area contributed by atoms with E-state index in [2.05, 4.69) is 12.2 Å². The molecule has 0 radical (unpaired) electrons. The number of carboxylic acid groups (broad SMARTS) is 1. The number of hydrogen-bond donors (Lipinski definition) is 2. The highest BCUT2D eigenvalue weighted by molar-refractivity contribution is 5.90. The first kappa shape index (κ1) is 33.2. The second-order valence-corrected chi connectivity index (χ2v) is 11.0. The van der Waals surface area contributed by atoms with Crippen LogP contribution in [0.5, 0.6) is 5.75 Å². The van der Waals surface area contributed by atoms with Gasteiger partial charge in [0.05, 0.1) is 31.3 Å². The quantitative estimate of drug-likeness (QED) is 0.112. The monoisotopic (exact) mass is 618 g/mol. The Morgan fingerprint density at radius 3 is 1.78 bits per heavy atom. The molecule has 0 amide bonds. The maximum atomic E-state index is 12.7. The first-order valence-corrected chi connectivity index (χ1v) is 15.1. The third-order valence-electron chi connectivity index (χ3n) is 7.70. The van der Waals surface area contributed by atoms with Gasteiger partial charge in [0.2, 0.25) is 0 Å². The van der Waals surface area contributed by atoms with Crippen molar-refractivity contribution in [3.05, 3.63) is 99.9 Å². The first-order chi connectivity index (χ1) is 21.7. The molecule has 238 valence electrons. The molecule has 0 saturated carbocycles. The summed E-state index contributed by atoms with van der Waals surface area (Å²) in [6.07, 6.45) is 16.2. The molecule has 0 heterocycles. The molecule has 0 saturated heterocycles. The minimum atomic E-state index is -0.886. The second-order valence-electron chi connectivity index (χ2n) is 11.0. The third-order valence-corrected chi connectivity index (χ3v) is 7.70. The number of unbranched alkanes of at least 4 members (excludes halogenated alkanes) is 1. The predicted molar refractivity (Wildman–Crippen MR) is 164 cm³/mol. The highest BCUT2D eigenvalue weighted by Gasteiger charge is 2.20. The molecule has 45 heavy (non-hydrogen) atoms. The fraction of sp³-hybridized carbons (Fsp3) is 0.371. The Hall–Kier alpha value is -4.70. The van der Waals surface area contributed by atoms with E-state index in [1.165, 1.54) is 46.6 Å². The summed E-state index contributed by atoms with van der Waals surface area (Å²) in [5.74, 6) is -1.61. The van der Waals surface area contributed by atoms with Crippen LogP contribution >= 0.6 is 0 Å². The molecule has 2 N–H and O–H groups in total. The lowest BCUT2D eigenvalue weighted by Crippen LogP contribution is -2.18. The Morgan fingerprint density at radius 2 is 1.27 bits per heavy atom. The summed E-state index contributed by atoms with van der Waals surface area (Å²) in [5, 5.41) is 18.1. The van der Waals surface area contributed by atoms with Crippen molar-refractivity contribution in [2.45, 2.75) is 58.3 Å². The van der Waals surface area contributed by atoms with Crippen LogP contribution in [0.4, 0.5) is 4.79 Å². The van der Waals surface area contributed by atoms with Crippen molar-refractivity contribution in [2.24, 2.45) is 5.92 Å². The van der Waals surface area contributed by atoms with Gasteiger partial charge >= 0.3 is 24.1 Å². The van der Waals surface area contributed by atoms with Crippen molar-refractivity contribution in [3.8, 4) is 5.75 Å². The molecular formula is C35H38O10. The summed E-state index contributed by atoms with van der Waals surface area (Å²) in [6, 6.07) is 5.98. The van der Waals surface area contributed by atoms with E-state index < -0.39 is 30.0 Å². The van der Waals surface area contributed by atoms with E-state index in [-0.39, 0.29) is 25.6 Å². The number of allylic oxidation sites excluding steroid dienone is 11. The number of aliphatic hydroxyl groups is 1. The van der Waals surface area contributed by atoms with Crippen LogP contribution < -0.4 is 4.74 Å². The van der Waals surface area contributed by atoms with Crippen molar-refractivity contribution >= 4 is 24.1 Å². The maximum Gasteiger partial charge on any atom is 0.513 e. The number of esters is 2. The van der Waals surface area contributed by atoms with Crippen LogP contribution in [-0.2, 0) is 23.8 Å². The predicted octanol–water partition coefficient (Wildman–Crippen LogP) is 6.29. The molecular weight excluding hydrogens is 580 g/mol. The number of aliphatic hydroxyl groups excluding tert-OH is 1. The lowest BCUT2D eigenvalue weighted by atomic mass is 9.84. The number of carbonyl (C=O) groups is 4. The average molecular weight is 619 g/mol. The molecule has 1 unspecified atom stereocenters. The topological polar surface area (TPSA) is 146 Å². The number of hydrogen-bond acceptors (Lipinski definition) is 9. The summed E-state index contributed by atoms with van der Waals surface area (Å²) in [5.41, 5.74) is 5.66. The largest absolute Gasteiger partial charge is 0.513 e. The van der Waals surface area contributed by atoms with Crippen LogP contribution in [0.2, 0.25) is 0 Å². The molecule has 0 fully saturated rings. The molecule has 1 atom stereocenters. The van der Waals surface area contributed by atoms with Crippen LogP contribution in [0.15, 0.2) is 94.3 Å². The summed E-state index contributed by atoms with van der Waals surface area (Å²) in [7, 11) is 0. The van der Waals surface area contributed by atoms with E-state index in [4.69, 9.17) is 29.2 Å². The zero-order chi connectivity index (χ0) is 32.2.